The van der Waals surface area contributed by atoms with Crippen molar-refractivity contribution in [1.82, 2.24) is 0 Å². The number of amides is 1. The van der Waals surface area contributed by atoms with Gasteiger partial charge in [0, 0.05) is 11.8 Å². The van der Waals surface area contributed by atoms with Gasteiger partial charge in [-0.25, -0.2) is 0 Å². The second-order valence-electron chi connectivity index (χ2n) is 6.01. The van der Waals surface area contributed by atoms with Crippen LogP contribution in [0, 0.1) is 6.92 Å². The van der Waals surface area contributed by atoms with Gasteiger partial charge in [-0.05, 0) is 37.6 Å². The number of hydrogen-bond donors (Lipinski definition) is 0. The number of carbonyl (C=O) groups is 2. The van der Waals surface area contributed by atoms with Gasteiger partial charge in [0.05, 0.1) is 19.2 Å². The van der Waals surface area contributed by atoms with Gasteiger partial charge in [-0.15, -0.1) is 0 Å². The van der Waals surface area contributed by atoms with Crippen LogP contribution in [0.3, 0.4) is 0 Å². The maximum Gasteiger partial charge on any atom is 0.471 e. The lowest BCUT2D eigenvalue weighted by Gasteiger charge is -2.25. The number of hydrogen-bond acceptors (Lipinski definition) is 4. The smallest absolute Gasteiger partial charge is 0.471 e. The molecule has 8 heteroatoms. The standard InChI is InChI=1S/C20H20F3NO4/c1-13-6-4-5-7-17(13)28-11-10-24(19(26)20(21,22)23)15-8-9-16(14(2)25)18(12-15)27-3/h4-9,12H,10-11H2,1-3H3. The number of carbonyl (C=O) groups excluding carboxylic acids is 2. The topological polar surface area (TPSA) is 55.8 Å². The van der Waals surface area contributed by atoms with E-state index >= 15 is 0 Å². The van der Waals surface area contributed by atoms with Crippen molar-refractivity contribution in [1.29, 1.82) is 0 Å². The lowest BCUT2D eigenvalue weighted by Crippen LogP contribution is -2.43. The number of alkyl halides is 3. The van der Waals surface area contributed by atoms with Crippen molar-refractivity contribution < 1.29 is 32.2 Å². The molecule has 0 aliphatic heterocycles. The van der Waals surface area contributed by atoms with Gasteiger partial charge in [-0.2, -0.15) is 13.2 Å². The van der Waals surface area contributed by atoms with Crippen molar-refractivity contribution in [3.63, 3.8) is 0 Å². The van der Waals surface area contributed by atoms with Gasteiger partial charge in [0.2, 0.25) is 0 Å². The number of ketones is 1. The Morgan fingerprint density at radius 2 is 1.75 bits per heavy atom. The van der Waals surface area contributed by atoms with Gasteiger partial charge in [0.1, 0.15) is 18.1 Å². The van der Waals surface area contributed by atoms with Crippen LogP contribution in [-0.4, -0.2) is 38.1 Å². The molecule has 0 saturated carbocycles. The highest BCUT2D eigenvalue weighted by atomic mass is 19.4. The Balaban J connectivity index is 2.28. The first-order valence-corrected chi connectivity index (χ1v) is 8.41. The van der Waals surface area contributed by atoms with Crippen LogP contribution >= 0.6 is 0 Å². The van der Waals surface area contributed by atoms with Gasteiger partial charge in [-0.3, -0.25) is 9.59 Å². The highest BCUT2D eigenvalue weighted by molar-refractivity contribution is 6.00. The van der Waals surface area contributed by atoms with Crippen molar-refractivity contribution >= 4 is 17.4 Å². The Kier molecular flexibility index (Phi) is 6.66. The Hall–Kier alpha value is -3.03. The molecule has 0 bridgehead atoms. The van der Waals surface area contributed by atoms with Crippen molar-refractivity contribution in [3.8, 4) is 11.5 Å². The monoisotopic (exact) mass is 395 g/mol. The quantitative estimate of drug-likeness (QED) is 0.660. The third kappa shape index (κ3) is 5.03. The maximum atomic E-state index is 13.1. The van der Waals surface area contributed by atoms with E-state index in [1.165, 1.54) is 32.2 Å². The summed E-state index contributed by atoms with van der Waals surface area (Å²) in [4.78, 5) is 24.1. The molecule has 2 aromatic carbocycles. The number of benzene rings is 2. The fourth-order valence-electron chi connectivity index (χ4n) is 2.60. The maximum absolute atomic E-state index is 13.1. The molecular weight excluding hydrogens is 375 g/mol. The lowest BCUT2D eigenvalue weighted by atomic mass is 10.1. The Bertz CT molecular complexity index is 865. The zero-order valence-electron chi connectivity index (χ0n) is 15.7. The molecule has 0 atom stereocenters. The number of nitrogens with zero attached hydrogens (tertiary/aromatic N) is 1. The average molecular weight is 395 g/mol. The molecule has 0 radical (unpaired) electrons. The zero-order chi connectivity index (χ0) is 20.9. The van der Waals surface area contributed by atoms with Crippen molar-refractivity contribution in [2.45, 2.75) is 20.0 Å². The van der Waals surface area contributed by atoms with Crippen LogP contribution in [0.25, 0.3) is 0 Å². The van der Waals surface area contributed by atoms with Crippen LogP contribution in [0.2, 0.25) is 0 Å². The first-order chi connectivity index (χ1) is 13.1. The number of rotatable bonds is 7. The van der Waals surface area contributed by atoms with Gasteiger partial charge in [-0.1, -0.05) is 18.2 Å². The molecule has 0 heterocycles. The minimum absolute atomic E-state index is 0.0439. The summed E-state index contributed by atoms with van der Waals surface area (Å²) in [6.45, 7) is 2.63. The third-order valence-electron chi connectivity index (χ3n) is 4.03. The highest BCUT2D eigenvalue weighted by Gasteiger charge is 2.43. The molecule has 0 N–H and O–H groups in total. The molecule has 0 aromatic heterocycles. The van der Waals surface area contributed by atoms with Crippen LogP contribution in [0.1, 0.15) is 22.8 Å². The molecule has 2 rings (SSSR count). The predicted octanol–water partition coefficient (Wildman–Crippen LogP) is 4.18. The summed E-state index contributed by atoms with van der Waals surface area (Å²) in [5.74, 6) is -1.73. The number of anilines is 1. The minimum Gasteiger partial charge on any atom is -0.496 e. The van der Waals surface area contributed by atoms with Gasteiger partial charge in [0.15, 0.2) is 5.78 Å². The van der Waals surface area contributed by atoms with E-state index in [4.69, 9.17) is 9.47 Å². The molecule has 0 saturated heterocycles. The van der Waals surface area contributed by atoms with E-state index in [1.807, 2.05) is 6.07 Å². The first kappa shape index (κ1) is 21.3. The summed E-state index contributed by atoms with van der Waals surface area (Å²) >= 11 is 0. The highest BCUT2D eigenvalue weighted by Crippen LogP contribution is 2.29. The van der Waals surface area contributed by atoms with Crippen molar-refractivity contribution in [2.75, 3.05) is 25.2 Å². The number of Topliss-reactive ketones (excluding diaryl/α,β-unsaturated/α-hetero) is 1. The van der Waals surface area contributed by atoms with E-state index < -0.39 is 12.1 Å². The zero-order valence-corrected chi connectivity index (χ0v) is 15.7. The molecule has 28 heavy (non-hydrogen) atoms. The van der Waals surface area contributed by atoms with E-state index in [0.717, 1.165) is 5.56 Å². The van der Waals surface area contributed by atoms with E-state index in [2.05, 4.69) is 0 Å². The van der Waals surface area contributed by atoms with Gasteiger partial charge in [0.25, 0.3) is 0 Å². The molecule has 5 nitrogen and oxygen atoms in total. The molecule has 0 fully saturated rings. The number of halogens is 3. The molecule has 0 aliphatic carbocycles. The first-order valence-electron chi connectivity index (χ1n) is 8.41. The van der Waals surface area contributed by atoms with Crippen LogP contribution in [-0.2, 0) is 4.79 Å². The normalized spacial score (nSPS) is 11.1. The summed E-state index contributed by atoms with van der Waals surface area (Å²) in [6.07, 6.45) is -5.06. The number of ether oxygens (including phenoxy) is 2. The SMILES string of the molecule is COc1cc(N(CCOc2ccccc2C)C(=O)C(F)(F)F)ccc1C(C)=O. The summed E-state index contributed by atoms with van der Waals surface area (Å²) in [6, 6.07) is 10.9. The van der Waals surface area contributed by atoms with E-state index in [1.54, 1.807) is 25.1 Å². The second-order valence-corrected chi connectivity index (χ2v) is 6.01. The van der Waals surface area contributed by atoms with Crippen molar-refractivity contribution in [3.05, 3.63) is 53.6 Å². The lowest BCUT2D eigenvalue weighted by molar-refractivity contribution is -0.170. The molecule has 0 unspecified atom stereocenters. The van der Waals surface area contributed by atoms with Gasteiger partial charge >= 0.3 is 12.1 Å². The van der Waals surface area contributed by atoms with E-state index in [0.29, 0.717) is 10.6 Å². The van der Waals surface area contributed by atoms with Gasteiger partial charge < -0.3 is 14.4 Å². The predicted molar refractivity (Wildman–Crippen MR) is 98.1 cm³/mol. The molecular formula is C20H20F3NO4. The summed E-state index contributed by atoms with van der Waals surface area (Å²) in [5.41, 5.74) is 0.989. The van der Waals surface area contributed by atoms with E-state index in [-0.39, 0.29) is 35.9 Å². The fourth-order valence-corrected chi connectivity index (χ4v) is 2.60. The molecule has 0 spiro atoms. The number of methoxy groups -OCH3 is 1. The molecule has 150 valence electrons. The molecule has 0 aliphatic rings. The number of aryl methyl sites for hydroxylation is 1. The Morgan fingerprint density at radius 1 is 1.07 bits per heavy atom. The minimum atomic E-state index is -5.06. The van der Waals surface area contributed by atoms with E-state index in [9.17, 15) is 22.8 Å². The molecule has 2 aromatic rings. The number of para-hydroxylation sites is 1. The van der Waals surface area contributed by atoms with Crippen LogP contribution in [0.15, 0.2) is 42.5 Å². The summed E-state index contributed by atoms with van der Waals surface area (Å²) in [5, 5.41) is 0. The fraction of sp³-hybridized carbons (Fsp3) is 0.300. The summed E-state index contributed by atoms with van der Waals surface area (Å²) in [7, 11) is 1.29. The Morgan fingerprint density at radius 3 is 2.32 bits per heavy atom. The van der Waals surface area contributed by atoms with Crippen LogP contribution in [0.4, 0.5) is 18.9 Å². The second kappa shape index (κ2) is 8.77. The van der Waals surface area contributed by atoms with Crippen LogP contribution < -0.4 is 14.4 Å². The largest absolute Gasteiger partial charge is 0.496 e. The average Bonchev–Trinajstić information content (AvgIpc) is 2.64. The Labute approximate surface area is 160 Å². The van der Waals surface area contributed by atoms with Crippen molar-refractivity contribution in [2.24, 2.45) is 0 Å². The van der Waals surface area contributed by atoms with Crippen LogP contribution in [0.5, 0.6) is 11.5 Å². The molecule has 1 amide bonds. The summed E-state index contributed by atoms with van der Waals surface area (Å²) < 4.78 is 49.8. The third-order valence-corrected chi connectivity index (χ3v) is 4.03.